The van der Waals surface area contributed by atoms with Gasteiger partial charge in [0.25, 0.3) is 0 Å². The van der Waals surface area contributed by atoms with Crippen LogP contribution in [0.1, 0.15) is 17.0 Å². The zero-order valence-corrected chi connectivity index (χ0v) is 9.15. The third kappa shape index (κ3) is 1.41. The van der Waals surface area contributed by atoms with Crippen molar-refractivity contribution in [2.24, 2.45) is 0 Å². The van der Waals surface area contributed by atoms with Crippen molar-refractivity contribution in [2.45, 2.75) is 19.8 Å². The third-order valence-corrected chi connectivity index (χ3v) is 3.55. The minimum absolute atomic E-state index is 0.105. The fraction of sp³-hybridized carbons (Fsp3) is 0.273. The standard InChI is InChI=1S/C11H10N2OS/c1-6-12-9-5-8-7(4-10(9)15-6)2-3-11(14)13-8/h4-5H,2-3H2,1H3,(H,13,14). The minimum Gasteiger partial charge on any atom is -0.326 e. The lowest BCUT2D eigenvalue weighted by atomic mass is 10.0. The summed E-state index contributed by atoms with van der Waals surface area (Å²) >= 11 is 1.70. The molecule has 0 saturated heterocycles. The molecule has 1 aromatic heterocycles. The molecule has 76 valence electrons. The van der Waals surface area contributed by atoms with E-state index >= 15 is 0 Å². The van der Waals surface area contributed by atoms with E-state index in [4.69, 9.17) is 0 Å². The van der Waals surface area contributed by atoms with E-state index in [1.807, 2.05) is 13.0 Å². The summed E-state index contributed by atoms with van der Waals surface area (Å²) in [5, 5.41) is 3.96. The number of amides is 1. The van der Waals surface area contributed by atoms with Crippen LogP contribution in [-0.4, -0.2) is 10.9 Å². The Bertz CT molecular complexity index is 559. The monoisotopic (exact) mass is 218 g/mol. The quantitative estimate of drug-likeness (QED) is 0.738. The first-order chi connectivity index (χ1) is 7.22. The first kappa shape index (κ1) is 8.85. The maximum absolute atomic E-state index is 11.2. The topological polar surface area (TPSA) is 42.0 Å². The van der Waals surface area contributed by atoms with Gasteiger partial charge in [0.15, 0.2) is 0 Å². The SMILES string of the molecule is Cc1nc2cc3c(cc2s1)CCC(=O)N3. The summed E-state index contributed by atoms with van der Waals surface area (Å²) in [7, 11) is 0. The molecular formula is C11H10N2OS. The van der Waals surface area contributed by atoms with E-state index in [0.29, 0.717) is 6.42 Å². The zero-order chi connectivity index (χ0) is 10.4. The van der Waals surface area contributed by atoms with Crippen molar-refractivity contribution in [1.29, 1.82) is 0 Å². The molecule has 4 heteroatoms. The number of hydrogen-bond donors (Lipinski definition) is 1. The van der Waals surface area contributed by atoms with Gasteiger partial charge >= 0.3 is 0 Å². The molecule has 0 fully saturated rings. The van der Waals surface area contributed by atoms with Crippen molar-refractivity contribution in [2.75, 3.05) is 5.32 Å². The number of aromatic nitrogens is 1. The van der Waals surface area contributed by atoms with Crippen molar-refractivity contribution in [1.82, 2.24) is 4.98 Å². The van der Waals surface area contributed by atoms with E-state index in [-0.39, 0.29) is 5.91 Å². The third-order valence-electron chi connectivity index (χ3n) is 2.62. The maximum Gasteiger partial charge on any atom is 0.224 e. The van der Waals surface area contributed by atoms with Crippen LogP contribution >= 0.6 is 11.3 Å². The zero-order valence-electron chi connectivity index (χ0n) is 8.33. The molecule has 2 heterocycles. The molecule has 0 saturated carbocycles. The van der Waals surface area contributed by atoms with E-state index in [2.05, 4.69) is 16.4 Å². The van der Waals surface area contributed by atoms with Crippen molar-refractivity contribution >= 4 is 33.1 Å². The Kier molecular flexibility index (Phi) is 1.79. The van der Waals surface area contributed by atoms with E-state index in [9.17, 15) is 4.79 Å². The Hall–Kier alpha value is -1.42. The van der Waals surface area contributed by atoms with E-state index in [0.717, 1.165) is 22.6 Å². The van der Waals surface area contributed by atoms with Crippen LogP contribution in [0.2, 0.25) is 0 Å². The van der Waals surface area contributed by atoms with Gasteiger partial charge in [-0.25, -0.2) is 4.98 Å². The summed E-state index contributed by atoms with van der Waals surface area (Å²) in [6.45, 7) is 2.00. The van der Waals surface area contributed by atoms with Crippen molar-refractivity contribution in [3.05, 3.63) is 22.7 Å². The van der Waals surface area contributed by atoms with Gasteiger partial charge < -0.3 is 5.32 Å². The second-order valence-corrected chi connectivity index (χ2v) is 4.99. The van der Waals surface area contributed by atoms with E-state index in [1.165, 1.54) is 10.3 Å². The maximum atomic E-state index is 11.2. The number of hydrogen-bond acceptors (Lipinski definition) is 3. The number of nitrogens with one attached hydrogen (secondary N) is 1. The highest BCUT2D eigenvalue weighted by molar-refractivity contribution is 7.18. The molecule has 0 atom stereocenters. The fourth-order valence-electron chi connectivity index (χ4n) is 1.92. The predicted molar refractivity (Wildman–Crippen MR) is 61.3 cm³/mol. The van der Waals surface area contributed by atoms with Gasteiger partial charge in [-0.2, -0.15) is 0 Å². The Morgan fingerprint density at radius 2 is 2.27 bits per heavy atom. The average molecular weight is 218 g/mol. The Morgan fingerprint density at radius 3 is 3.13 bits per heavy atom. The van der Waals surface area contributed by atoms with Gasteiger partial charge in [0.1, 0.15) is 0 Å². The minimum atomic E-state index is 0.105. The lowest BCUT2D eigenvalue weighted by Crippen LogP contribution is -2.18. The van der Waals surface area contributed by atoms with Gasteiger partial charge in [0, 0.05) is 12.1 Å². The largest absolute Gasteiger partial charge is 0.326 e. The Morgan fingerprint density at radius 1 is 1.40 bits per heavy atom. The molecule has 0 spiro atoms. The molecule has 15 heavy (non-hydrogen) atoms. The second kappa shape index (κ2) is 3.03. The van der Waals surface area contributed by atoms with Gasteiger partial charge in [-0.3, -0.25) is 4.79 Å². The molecule has 1 N–H and O–H groups in total. The fourth-order valence-corrected chi connectivity index (χ4v) is 2.79. The van der Waals surface area contributed by atoms with Gasteiger partial charge in [-0.15, -0.1) is 11.3 Å². The molecule has 3 rings (SSSR count). The molecule has 0 bridgehead atoms. The highest BCUT2D eigenvalue weighted by atomic mass is 32.1. The number of thiazole rings is 1. The number of fused-ring (bicyclic) bond motifs is 2. The van der Waals surface area contributed by atoms with Crippen LogP contribution in [-0.2, 0) is 11.2 Å². The normalized spacial score (nSPS) is 15.1. The first-order valence-electron chi connectivity index (χ1n) is 4.92. The highest BCUT2D eigenvalue weighted by Gasteiger charge is 2.16. The van der Waals surface area contributed by atoms with Crippen LogP contribution in [0.3, 0.4) is 0 Å². The second-order valence-electron chi connectivity index (χ2n) is 3.76. The molecule has 0 aliphatic carbocycles. The summed E-state index contributed by atoms with van der Waals surface area (Å²) in [6, 6.07) is 4.12. The molecule has 0 unspecified atom stereocenters. The van der Waals surface area contributed by atoms with Crippen molar-refractivity contribution < 1.29 is 4.79 Å². The molecule has 1 aliphatic heterocycles. The first-order valence-corrected chi connectivity index (χ1v) is 5.74. The molecule has 0 radical (unpaired) electrons. The number of carbonyl (C=O) groups is 1. The van der Waals surface area contributed by atoms with Gasteiger partial charge in [-0.1, -0.05) is 0 Å². The summed E-state index contributed by atoms with van der Waals surface area (Å²) in [4.78, 5) is 15.7. The number of rotatable bonds is 0. The number of carbonyl (C=O) groups excluding carboxylic acids is 1. The van der Waals surface area contributed by atoms with Crippen molar-refractivity contribution in [3.63, 3.8) is 0 Å². The van der Waals surface area contributed by atoms with Crippen LogP contribution in [0.4, 0.5) is 5.69 Å². The molecule has 1 aliphatic rings. The molecule has 1 amide bonds. The number of anilines is 1. The van der Waals surface area contributed by atoms with Gasteiger partial charge in [-0.05, 0) is 31.0 Å². The predicted octanol–water partition coefficient (Wildman–Crippen LogP) is 2.49. The molecule has 1 aromatic carbocycles. The average Bonchev–Trinajstić information content (AvgIpc) is 2.53. The highest BCUT2D eigenvalue weighted by Crippen LogP contribution is 2.30. The van der Waals surface area contributed by atoms with Gasteiger partial charge in [0.2, 0.25) is 5.91 Å². The molecule has 2 aromatic rings. The van der Waals surface area contributed by atoms with Crippen LogP contribution in [0.15, 0.2) is 12.1 Å². The van der Waals surface area contributed by atoms with E-state index in [1.54, 1.807) is 11.3 Å². The number of aryl methyl sites for hydroxylation is 2. The van der Waals surface area contributed by atoms with Crippen molar-refractivity contribution in [3.8, 4) is 0 Å². The summed E-state index contributed by atoms with van der Waals surface area (Å²) in [6.07, 6.45) is 1.43. The molecular weight excluding hydrogens is 208 g/mol. The van der Waals surface area contributed by atoms with Crippen LogP contribution in [0.5, 0.6) is 0 Å². The summed E-state index contributed by atoms with van der Waals surface area (Å²) < 4.78 is 1.21. The van der Waals surface area contributed by atoms with E-state index < -0.39 is 0 Å². The molecule has 3 nitrogen and oxygen atoms in total. The summed E-state index contributed by atoms with van der Waals surface area (Å²) in [5.41, 5.74) is 3.15. The summed E-state index contributed by atoms with van der Waals surface area (Å²) in [5.74, 6) is 0.105. The number of nitrogens with zero attached hydrogens (tertiary/aromatic N) is 1. The van der Waals surface area contributed by atoms with Crippen LogP contribution in [0, 0.1) is 6.92 Å². The number of benzene rings is 1. The Labute approximate surface area is 91.1 Å². The van der Waals surface area contributed by atoms with Gasteiger partial charge in [0.05, 0.1) is 15.2 Å². The van der Waals surface area contributed by atoms with Crippen LogP contribution in [0.25, 0.3) is 10.2 Å². The Balaban J connectivity index is 2.23. The van der Waals surface area contributed by atoms with Crippen LogP contribution < -0.4 is 5.32 Å². The smallest absolute Gasteiger partial charge is 0.224 e. The lowest BCUT2D eigenvalue weighted by Gasteiger charge is -2.16. The lowest BCUT2D eigenvalue weighted by molar-refractivity contribution is -0.116.